The Balaban J connectivity index is 4.13. The fourth-order valence-corrected chi connectivity index (χ4v) is 3.04. The van der Waals surface area contributed by atoms with Gasteiger partial charge >= 0.3 is 11.9 Å². The Bertz CT molecular complexity index is 473. The lowest BCUT2D eigenvalue weighted by atomic mass is 10.1. The first-order chi connectivity index (χ1) is 15.2. The number of hydrogen-bond donors (Lipinski definition) is 1. The maximum Gasteiger partial charge on any atom is 0.308 e. The van der Waals surface area contributed by atoms with Crippen molar-refractivity contribution in [3.63, 3.8) is 0 Å². The van der Waals surface area contributed by atoms with E-state index in [2.05, 4.69) is 13.8 Å². The van der Waals surface area contributed by atoms with Gasteiger partial charge in [0.2, 0.25) is 6.29 Å². The summed E-state index contributed by atoms with van der Waals surface area (Å²) >= 11 is 0. The summed E-state index contributed by atoms with van der Waals surface area (Å²) < 4.78 is 28.4. The van der Waals surface area contributed by atoms with Gasteiger partial charge in [0, 0.05) is 19.8 Å². The molecule has 0 bridgehead atoms. The maximum absolute atomic E-state index is 12.0. The predicted octanol–water partition coefficient (Wildman–Crippen LogP) is 5.77. The number of aliphatic carboxylic acids is 1. The Kier molecular flexibility index (Phi) is 18.5. The number of carbonyl (C=O) groups is 2. The lowest BCUT2D eigenvalue weighted by Crippen LogP contribution is -2.41. The number of rotatable bonds is 22. The summed E-state index contributed by atoms with van der Waals surface area (Å²) in [5.74, 6) is -2.27. The molecule has 190 valence electrons. The molecule has 1 N–H and O–H groups in total. The van der Waals surface area contributed by atoms with Crippen LogP contribution in [0.15, 0.2) is 0 Å². The van der Waals surface area contributed by atoms with Crippen LogP contribution < -0.4 is 0 Å². The van der Waals surface area contributed by atoms with Crippen molar-refractivity contribution in [2.24, 2.45) is 0 Å². The van der Waals surface area contributed by atoms with Crippen LogP contribution in [0, 0.1) is 0 Å². The van der Waals surface area contributed by atoms with Gasteiger partial charge in [-0.05, 0) is 39.5 Å². The summed E-state index contributed by atoms with van der Waals surface area (Å²) in [6.07, 6.45) is 8.19. The Labute approximate surface area is 194 Å². The lowest BCUT2D eigenvalue weighted by molar-refractivity contribution is -0.415. The van der Waals surface area contributed by atoms with Crippen LogP contribution in [0.5, 0.6) is 0 Å². The van der Waals surface area contributed by atoms with E-state index < -0.39 is 24.5 Å². The number of carboxylic acids is 1. The minimum Gasteiger partial charge on any atom is -0.481 e. The molecule has 0 aromatic rings. The van der Waals surface area contributed by atoms with Gasteiger partial charge in [-0.2, -0.15) is 0 Å². The fourth-order valence-electron chi connectivity index (χ4n) is 3.04. The van der Waals surface area contributed by atoms with Gasteiger partial charge in [-0.15, -0.1) is 0 Å². The van der Waals surface area contributed by atoms with Crippen molar-refractivity contribution in [3.05, 3.63) is 0 Å². The SMILES string of the molecule is CCCCOC(C)(OCCCC)OC(C)OC(C)OC(=O)CCCCCCCCC(=O)O. The zero-order valence-electron chi connectivity index (χ0n) is 20.9. The van der Waals surface area contributed by atoms with E-state index in [-0.39, 0.29) is 12.4 Å². The van der Waals surface area contributed by atoms with Crippen molar-refractivity contribution < 1.29 is 38.4 Å². The molecule has 0 saturated heterocycles. The molecule has 8 nitrogen and oxygen atoms in total. The molecular weight excluding hydrogens is 416 g/mol. The fraction of sp³-hybridized carbons (Fsp3) is 0.917. The first kappa shape index (κ1) is 30.8. The van der Waals surface area contributed by atoms with Gasteiger partial charge in [0.15, 0.2) is 6.29 Å². The quantitative estimate of drug-likeness (QED) is 0.123. The summed E-state index contributed by atoms with van der Waals surface area (Å²) in [6.45, 7) is 10.3. The number of unbranched alkanes of at least 4 members (excludes halogenated alkanes) is 7. The van der Waals surface area contributed by atoms with Crippen LogP contribution in [-0.4, -0.2) is 48.8 Å². The molecule has 0 heterocycles. The Morgan fingerprint density at radius 2 is 1.28 bits per heavy atom. The van der Waals surface area contributed by atoms with E-state index in [1.807, 2.05) is 0 Å². The third kappa shape index (κ3) is 18.4. The van der Waals surface area contributed by atoms with Crippen LogP contribution in [0.2, 0.25) is 0 Å². The molecule has 8 heteroatoms. The van der Waals surface area contributed by atoms with Crippen molar-refractivity contribution in [3.8, 4) is 0 Å². The third-order valence-electron chi connectivity index (χ3n) is 4.81. The Morgan fingerprint density at radius 1 is 0.781 bits per heavy atom. The largest absolute Gasteiger partial charge is 0.481 e. The molecule has 32 heavy (non-hydrogen) atoms. The van der Waals surface area contributed by atoms with Crippen LogP contribution in [0.25, 0.3) is 0 Å². The van der Waals surface area contributed by atoms with Crippen molar-refractivity contribution in [1.82, 2.24) is 0 Å². The second kappa shape index (κ2) is 19.3. The highest BCUT2D eigenvalue weighted by Crippen LogP contribution is 2.20. The van der Waals surface area contributed by atoms with Gasteiger partial charge < -0.3 is 24.1 Å². The lowest BCUT2D eigenvalue weighted by Gasteiger charge is -2.33. The minimum atomic E-state index is -1.21. The topological polar surface area (TPSA) is 101 Å². The highest BCUT2D eigenvalue weighted by atomic mass is 16.9. The Morgan fingerprint density at radius 3 is 1.78 bits per heavy atom. The summed E-state index contributed by atoms with van der Waals surface area (Å²) in [4.78, 5) is 22.5. The van der Waals surface area contributed by atoms with Gasteiger partial charge in [0.1, 0.15) is 0 Å². The van der Waals surface area contributed by atoms with Gasteiger partial charge in [-0.25, -0.2) is 0 Å². The summed E-state index contributed by atoms with van der Waals surface area (Å²) in [7, 11) is 0. The molecule has 2 unspecified atom stereocenters. The Hall–Kier alpha value is -1.22. The molecule has 0 aliphatic heterocycles. The number of carboxylic acid groups (broad SMARTS) is 1. The second-order valence-corrected chi connectivity index (χ2v) is 8.16. The van der Waals surface area contributed by atoms with E-state index >= 15 is 0 Å². The van der Waals surface area contributed by atoms with Gasteiger partial charge in [-0.3, -0.25) is 14.3 Å². The van der Waals surface area contributed by atoms with Crippen LogP contribution in [0.3, 0.4) is 0 Å². The van der Waals surface area contributed by atoms with Crippen LogP contribution in [0.4, 0.5) is 0 Å². The first-order valence-electron chi connectivity index (χ1n) is 12.2. The molecule has 0 amide bonds. The van der Waals surface area contributed by atoms with E-state index in [9.17, 15) is 9.59 Å². The van der Waals surface area contributed by atoms with E-state index in [1.165, 1.54) is 0 Å². The number of ether oxygens (including phenoxy) is 5. The average Bonchev–Trinajstić information content (AvgIpc) is 2.69. The monoisotopic (exact) mass is 462 g/mol. The standard InChI is InChI=1S/C24H46O8/c1-6-8-18-28-24(5,29-19-9-7-2)32-21(4)30-20(3)31-23(27)17-15-13-11-10-12-14-16-22(25)26/h20-21H,6-19H2,1-5H3,(H,25,26). The van der Waals surface area contributed by atoms with E-state index in [1.54, 1.807) is 20.8 Å². The third-order valence-corrected chi connectivity index (χ3v) is 4.81. The van der Waals surface area contributed by atoms with Crippen LogP contribution >= 0.6 is 0 Å². The molecule has 0 spiro atoms. The minimum absolute atomic E-state index is 0.223. The van der Waals surface area contributed by atoms with Gasteiger partial charge in [0.25, 0.3) is 5.97 Å². The number of hydrogen-bond acceptors (Lipinski definition) is 7. The molecule has 0 aliphatic carbocycles. The zero-order valence-corrected chi connectivity index (χ0v) is 20.9. The summed E-state index contributed by atoms with van der Waals surface area (Å²) in [5, 5.41) is 8.60. The maximum atomic E-state index is 12.0. The average molecular weight is 463 g/mol. The summed E-state index contributed by atoms with van der Waals surface area (Å²) in [5.41, 5.74) is 0. The van der Waals surface area contributed by atoms with Crippen LogP contribution in [0.1, 0.15) is 112 Å². The van der Waals surface area contributed by atoms with Crippen molar-refractivity contribution in [1.29, 1.82) is 0 Å². The van der Waals surface area contributed by atoms with Crippen molar-refractivity contribution in [2.45, 2.75) is 130 Å². The van der Waals surface area contributed by atoms with Crippen molar-refractivity contribution >= 4 is 11.9 Å². The number of carbonyl (C=O) groups excluding carboxylic acids is 1. The molecule has 0 aromatic carbocycles. The molecule has 0 aliphatic rings. The summed E-state index contributed by atoms with van der Waals surface area (Å²) in [6, 6.07) is 0. The molecule has 0 saturated carbocycles. The second-order valence-electron chi connectivity index (χ2n) is 8.16. The molecule has 0 radical (unpaired) electrons. The van der Waals surface area contributed by atoms with Crippen LogP contribution in [-0.2, 0) is 33.3 Å². The highest BCUT2D eigenvalue weighted by molar-refractivity contribution is 5.69. The molecule has 0 fully saturated rings. The van der Waals surface area contributed by atoms with Gasteiger partial charge in [0.05, 0.1) is 13.2 Å². The highest BCUT2D eigenvalue weighted by Gasteiger charge is 2.31. The van der Waals surface area contributed by atoms with E-state index in [0.29, 0.717) is 26.1 Å². The number of esters is 1. The smallest absolute Gasteiger partial charge is 0.308 e. The van der Waals surface area contributed by atoms with Crippen molar-refractivity contribution in [2.75, 3.05) is 13.2 Å². The molecule has 2 atom stereocenters. The van der Waals surface area contributed by atoms with E-state index in [0.717, 1.165) is 57.8 Å². The predicted molar refractivity (Wildman–Crippen MR) is 122 cm³/mol. The van der Waals surface area contributed by atoms with Gasteiger partial charge in [-0.1, -0.05) is 52.4 Å². The zero-order chi connectivity index (χ0) is 24.2. The first-order valence-corrected chi connectivity index (χ1v) is 12.2. The molecular formula is C24H46O8. The van der Waals surface area contributed by atoms with E-state index in [4.69, 9.17) is 28.8 Å². The molecule has 0 rings (SSSR count). The normalized spacial score (nSPS) is 13.7. The molecule has 0 aromatic heterocycles.